The lowest BCUT2D eigenvalue weighted by Gasteiger charge is -2.37. The van der Waals surface area contributed by atoms with Crippen molar-refractivity contribution in [2.24, 2.45) is 0 Å². The molecule has 0 amide bonds. The lowest BCUT2D eigenvalue weighted by atomic mass is 9.80. The maximum Gasteiger partial charge on any atom is 0.134 e. The van der Waals surface area contributed by atoms with Crippen molar-refractivity contribution < 1.29 is 4.74 Å². The summed E-state index contributed by atoms with van der Waals surface area (Å²) in [6.45, 7) is 17.9. The number of hydrogen-bond acceptors (Lipinski definition) is 2. The highest BCUT2D eigenvalue weighted by atomic mass is 32.2. The molecular weight excluding hydrogens is 288 g/mol. The summed E-state index contributed by atoms with van der Waals surface area (Å²) >= 11 is 1.93. The van der Waals surface area contributed by atoms with Crippen molar-refractivity contribution in [1.82, 2.24) is 0 Å². The van der Waals surface area contributed by atoms with Crippen molar-refractivity contribution in [3.63, 3.8) is 0 Å². The van der Waals surface area contributed by atoms with Crippen molar-refractivity contribution in [1.29, 1.82) is 0 Å². The molecule has 2 heteroatoms. The molecule has 1 aromatic rings. The fourth-order valence-corrected chi connectivity index (χ4v) is 4.10. The third kappa shape index (κ3) is 3.53. The minimum atomic E-state index is -0.210. The monoisotopic (exact) mass is 318 g/mol. The van der Waals surface area contributed by atoms with E-state index in [4.69, 9.17) is 4.74 Å². The molecule has 22 heavy (non-hydrogen) atoms. The Morgan fingerprint density at radius 3 is 2.23 bits per heavy atom. The first-order valence-corrected chi connectivity index (χ1v) is 9.09. The molecule has 1 heterocycles. The van der Waals surface area contributed by atoms with Crippen LogP contribution in [0.25, 0.3) is 0 Å². The molecule has 0 bridgehead atoms. The fourth-order valence-electron chi connectivity index (χ4n) is 2.75. The molecule has 1 nitrogen and oxygen atoms in total. The number of hydrogen-bond donors (Lipinski definition) is 0. The van der Waals surface area contributed by atoms with Gasteiger partial charge in [0.05, 0.1) is 4.90 Å². The third-order valence-electron chi connectivity index (χ3n) is 4.09. The largest absolute Gasteiger partial charge is 0.481 e. The highest BCUT2D eigenvalue weighted by Gasteiger charge is 2.34. The predicted molar refractivity (Wildman–Crippen MR) is 98.4 cm³/mol. The van der Waals surface area contributed by atoms with Crippen LogP contribution in [0.1, 0.15) is 66.5 Å². The number of ether oxygens (including phenoxy) is 1. The van der Waals surface area contributed by atoms with Crippen LogP contribution in [0.3, 0.4) is 0 Å². The molecule has 1 atom stereocenters. The van der Waals surface area contributed by atoms with Crippen molar-refractivity contribution in [2.45, 2.75) is 76.7 Å². The number of fused-ring (bicyclic) bond motifs is 1. The van der Waals surface area contributed by atoms with E-state index < -0.39 is 0 Å². The lowest BCUT2D eigenvalue weighted by Crippen LogP contribution is -2.36. The molecule has 0 fully saturated rings. The highest BCUT2D eigenvalue weighted by Crippen LogP contribution is 2.47. The molecule has 122 valence electrons. The molecule has 2 rings (SSSR count). The van der Waals surface area contributed by atoms with Crippen LogP contribution in [-0.4, -0.2) is 11.4 Å². The van der Waals surface area contributed by atoms with Crippen LogP contribution in [0.5, 0.6) is 5.75 Å². The van der Waals surface area contributed by atoms with E-state index in [-0.39, 0.29) is 16.4 Å². The quantitative estimate of drug-likeness (QED) is 0.578. The summed E-state index contributed by atoms with van der Waals surface area (Å²) in [4.78, 5) is 1.32. The van der Waals surface area contributed by atoms with Crippen LogP contribution in [0.4, 0.5) is 0 Å². The number of thioether (sulfide) groups is 1. The van der Waals surface area contributed by atoms with Gasteiger partial charge in [-0.2, -0.15) is 0 Å². The van der Waals surface area contributed by atoms with Crippen molar-refractivity contribution in [3.05, 3.63) is 35.4 Å². The maximum atomic E-state index is 6.42. The molecule has 0 aliphatic carbocycles. The normalized spacial score (nSPS) is 22.5. The van der Waals surface area contributed by atoms with Gasteiger partial charge >= 0.3 is 0 Å². The number of rotatable bonds is 1. The Labute approximate surface area is 140 Å². The Balaban J connectivity index is 2.61. The van der Waals surface area contributed by atoms with Gasteiger partial charge in [0.25, 0.3) is 0 Å². The number of benzene rings is 1. The molecule has 0 saturated heterocycles. The standard InChI is InChI=1S/C20H30OS/c1-9-10-20(8)13-22-17-15(19(5,6)7)11-14(18(2,3)4)12-16(17)21-20/h9-12H,13H2,1-8H3/b10-9+. The van der Waals surface area contributed by atoms with E-state index in [1.165, 1.54) is 16.0 Å². The van der Waals surface area contributed by atoms with Crippen molar-refractivity contribution in [2.75, 3.05) is 5.75 Å². The van der Waals surface area contributed by atoms with Crippen molar-refractivity contribution in [3.8, 4) is 5.75 Å². The summed E-state index contributed by atoms with van der Waals surface area (Å²) in [6.07, 6.45) is 4.26. The van der Waals surface area contributed by atoms with Crippen LogP contribution in [0.15, 0.2) is 29.2 Å². The minimum absolute atomic E-state index is 0.121. The van der Waals surface area contributed by atoms with E-state index in [2.05, 4.69) is 79.7 Å². The first-order chi connectivity index (χ1) is 9.96. The van der Waals surface area contributed by atoms with Gasteiger partial charge in [-0.1, -0.05) is 53.7 Å². The molecule has 1 unspecified atom stereocenters. The molecule has 0 spiro atoms. The zero-order valence-electron chi connectivity index (χ0n) is 15.3. The Kier molecular flexibility index (Phi) is 4.47. The molecule has 1 aliphatic rings. The Bertz CT molecular complexity index is 587. The molecule has 1 aromatic carbocycles. The predicted octanol–water partition coefficient (Wildman–Crippen LogP) is 6.10. The average Bonchev–Trinajstić information content (AvgIpc) is 2.34. The van der Waals surface area contributed by atoms with Gasteiger partial charge in [0.1, 0.15) is 11.4 Å². The van der Waals surface area contributed by atoms with Crippen molar-refractivity contribution >= 4 is 11.8 Å². The first-order valence-electron chi connectivity index (χ1n) is 8.11. The minimum Gasteiger partial charge on any atom is -0.481 e. The second-order valence-corrected chi connectivity index (χ2v) is 9.54. The second kappa shape index (κ2) is 5.63. The second-order valence-electron chi connectivity index (χ2n) is 8.55. The summed E-state index contributed by atoms with van der Waals surface area (Å²) in [6, 6.07) is 4.63. The molecule has 0 aromatic heterocycles. The van der Waals surface area contributed by atoms with Crippen LogP contribution in [0, 0.1) is 0 Å². The molecule has 0 saturated carbocycles. The topological polar surface area (TPSA) is 9.23 Å². The van der Waals surface area contributed by atoms with Gasteiger partial charge in [-0.15, -0.1) is 11.8 Å². The van der Waals surface area contributed by atoms with E-state index in [0.717, 1.165) is 11.5 Å². The SMILES string of the molecule is C/C=C/C1(C)CSc2c(cc(C(C)(C)C)cc2C(C)(C)C)O1. The van der Waals surface area contributed by atoms with Gasteiger partial charge in [-0.3, -0.25) is 0 Å². The van der Waals surface area contributed by atoms with Crippen LogP contribution in [0.2, 0.25) is 0 Å². The molecule has 1 aliphatic heterocycles. The first kappa shape index (κ1) is 17.5. The maximum absolute atomic E-state index is 6.42. The van der Waals surface area contributed by atoms with Crippen LogP contribution < -0.4 is 4.74 Å². The summed E-state index contributed by atoms with van der Waals surface area (Å²) in [5, 5.41) is 0. The summed E-state index contributed by atoms with van der Waals surface area (Å²) in [5.74, 6) is 2.01. The van der Waals surface area contributed by atoms with E-state index in [1.807, 2.05) is 11.8 Å². The fraction of sp³-hybridized carbons (Fsp3) is 0.600. The zero-order chi connectivity index (χ0) is 16.8. The Hall–Kier alpha value is -0.890. The van der Waals surface area contributed by atoms with E-state index in [1.54, 1.807) is 0 Å². The Morgan fingerprint density at radius 2 is 1.73 bits per heavy atom. The van der Waals surface area contributed by atoms with Gasteiger partial charge in [0.2, 0.25) is 0 Å². The molecule has 0 radical (unpaired) electrons. The average molecular weight is 319 g/mol. The summed E-state index contributed by atoms with van der Waals surface area (Å²) < 4.78 is 6.42. The smallest absolute Gasteiger partial charge is 0.134 e. The summed E-state index contributed by atoms with van der Waals surface area (Å²) in [5.41, 5.74) is 2.79. The van der Waals surface area contributed by atoms with Gasteiger partial charge < -0.3 is 4.74 Å². The van der Waals surface area contributed by atoms with E-state index in [0.29, 0.717) is 0 Å². The van der Waals surface area contributed by atoms with E-state index >= 15 is 0 Å². The van der Waals surface area contributed by atoms with Crippen LogP contribution >= 0.6 is 11.8 Å². The zero-order valence-corrected chi connectivity index (χ0v) is 16.1. The van der Waals surface area contributed by atoms with Gasteiger partial charge in [-0.25, -0.2) is 0 Å². The van der Waals surface area contributed by atoms with E-state index in [9.17, 15) is 0 Å². The van der Waals surface area contributed by atoms with Gasteiger partial charge in [-0.05, 0) is 47.9 Å². The highest BCUT2D eigenvalue weighted by molar-refractivity contribution is 7.99. The molecule has 0 N–H and O–H groups in total. The molecular formula is C20H30OS. The lowest BCUT2D eigenvalue weighted by molar-refractivity contribution is 0.156. The Morgan fingerprint density at radius 1 is 1.09 bits per heavy atom. The third-order valence-corrected chi connectivity index (χ3v) is 5.52. The van der Waals surface area contributed by atoms with Crippen LogP contribution in [-0.2, 0) is 10.8 Å². The van der Waals surface area contributed by atoms with Gasteiger partial charge in [0, 0.05) is 5.75 Å². The summed E-state index contributed by atoms with van der Waals surface area (Å²) in [7, 11) is 0. The number of allylic oxidation sites excluding steroid dienone is 1. The van der Waals surface area contributed by atoms with Gasteiger partial charge in [0.15, 0.2) is 0 Å².